The molecule has 4 fully saturated rings. The summed E-state index contributed by atoms with van der Waals surface area (Å²) in [5.41, 5.74) is 1.53. The molecule has 2 aromatic heterocycles. The Kier molecular flexibility index (Phi) is 5.81. The Bertz CT molecular complexity index is 1770. The number of ether oxygens (including phenoxy) is 1. The molecule has 6 heterocycles. The quantitative estimate of drug-likeness (QED) is 0.341. The summed E-state index contributed by atoms with van der Waals surface area (Å²) in [6.45, 7) is 3.57. The zero-order valence-corrected chi connectivity index (χ0v) is 23.1. The maximum Gasteiger partial charge on any atom is 0.247 e. The van der Waals surface area contributed by atoms with Gasteiger partial charge in [0, 0.05) is 43.5 Å². The Morgan fingerprint density at radius 3 is 2.95 bits per heavy atom. The minimum atomic E-state index is -0.850. The Hall–Kier alpha value is -4.01. The van der Waals surface area contributed by atoms with E-state index < -0.39 is 12.0 Å². The van der Waals surface area contributed by atoms with Gasteiger partial charge in [0.2, 0.25) is 11.8 Å². The summed E-state index contributed by atoms with van der Waals surface area (Å²) in [6, 6.07) is 6.78. The first-order valence-electron chi connectivity index (χ1n) is 14.6. The van der Waals surface area contributed by atoms with Gasteiger partial charge >= 0.3 is 0 Å². The molecular formula is C31H31F2N7O2. The number of phenols is 1. The van der Waals surface area contributed by atoms with Crippen molar-refractivity contribution >= 4 is 27.9 Å². The monoisotopic (exact) mass is 571 g/mol. The van der Waals surface area contributed by atoms with E-state index >= 15 is 0 Å². The molecule has 4 saturated heterocycles. The minimum Gasteiger partial charge on any atom is -0.508 e. The molecule has 0 amide bonds. The van der Waals surface area contributed by atoms with Crippen LogP contribution < -0.4 is 15.0 Å². The van der Waals surface area contributed by atoms with Crippen LogP contribution in [0, 0.1) is 18.2 Å². The van der Waals surface area contributed by atoms with Crippen molar-refractivity contribution < 1.29 is 18.6 Å². The van der Waals surface area contributed by atoms with Crippen LogP contribution in [0.25, 0.3) is 21.9 Å². The summed E-state index contributed by atoms with van der Waals surface area (Å²) < 4.78 is 37.5. The van der Waals surface area contributed by atoms with Crippen LogP contribution in [-0.4, -0.2) is 86.1 Å². The molecule has 11 heteroatoms. The average Bonchev–Trinajstić information content (AvgIpc) is 3.79. The van der Waals surface area contributed by atoms with Crippen LogP contribution in [0.3, 0.4) is 0 Å². The summed E-state index contributed by atoms with van der Waals surface area (Å²) in [5.74, 6) is 2.99. The number of piperazine rings is 1. The maximum absolute atomic E-state index is 14.7. The van der Waals surface area contributed by atoms with E-state index in [-0.39, 0.29) is 23.4 Å². The number of phenolic OH excluding ortho intramolecular Hbond substituents is 1. The maximum atomic E-state index is 14.7. The van der Waals surface area contributed by atoms with Gasteiger partial charge in [0.25, 0.3) is 0 Å². The second-order valence-electron chi connectivity index (χ2n) is 12.2. The molecule has 0 unspecified atom stereocenters. The molecule has 9 nitrogen and oxygen atoms in total. The van der Waals surface area contributed by atoms with Crippen molar-refractivity contribution in [2.24, 2.45) is 0 Å². The zero-order chi connectivity index (χ0) is 28.6. The molecule has 4 aliphatic rings. The van der Waals surface area contributed by atoms with E-state index in [0.29, 0.717) is 71.0 Å². The SMILES string of the molecule is C#Cc1c(F)ccc2cc(O)cc(Cn3cnc4c(OC[C@@]56CCCN5C[C@H](F)C6)nc(N5C[C@@H]6C[C@H]5CN6)nc43)c12. The van der Waals surface area contributed by atoms with E-state index in [1.165, 1.54) is 6.07 Å². The number of halogens is 2. The summed E-state index contributed by atoms with van der Waals surface area (Å²) in [7, 11) is 0. The number of nitrogens with one attached hydrogen (secondary N) is 1. The lowest BCUT2D eigenvalue weighted by Gasteiger charge is -2.31. The number of anilines is 1. The average molecular weight is 572 g/mol. The highest BCUT2D eigenvalue weighted by Gasteiger charge is 2.49. The highest BCUT2D eigenvalue weighted by Crippen LogP contribution is 2.41. The van der Waals surface area contributed by atoms with Crippen molar-refractivity contribution in [1.29, 1.82) is 0 Å². The molecule has 4 aromatic rings. The van der Waals surface area contributed by atoms with Crippen molar-refractivity contribution in [2.75, 3.05) is 37.7 Å². The first-order chi connectivity index (χ1) is 20.4. The van der Waals surface area contributed by atoms with Crippen molar-refractivity contribution in [1.82, 2.24) is 29.7 Å². The second-order valence-corrected chi connectivity index (χ2v) is 12.2. The largest absolute Gasteiger partial charge is 0.508 e. The fourth-order valence-corrected chi connectivity index (χ4v) is 7.67. The van der Waals surface area contributed by atoms with Gasteiger partial charge in [-0.15, -0.1) is 6.42 Å². The molecule has 2 N–H and O–H groups in total. The molecule has 216 valence electrons. The summed E-state index contributed by atoms with van der Waals surface area (Å²) in [6.07, 6.45) is 9.93. The number of imidazole rings is 1. The molecule has 42 heavy (non-hydrogen) atoms. The fraction of sp³-hybridized carbons (Fsp3) is 0.452. The van der Waals surface area contributed by atoms with Crippen molar-refractivity contribution in [3.8, 4) is 24.0 Å². The summed E-state index contributed by atoms with van der Waals surface area (Å²) in [5, 5.41) is 15.2. The fourth-order valence-electron chi connectivity index (χ4n) is 7.67. The van der Waals surface area contributed by atoms with Gasteiger partial charge in [-0.05, 0) is 55.0 Å². The van der Waals surface area contributed by atoms with Crippen LogP contribution in [0.4, 0.5) is 14.7 Å². The van der Waals surface area contributed by atoms with Crippen LogP contribution in [-0.2, 0) is 6.54 Å². The number of benzene rings is 2. The van der Waals surface area contributed by atoms with Crippen LogP contribution in [0.5, 0.6) is 11.6 Å². The van der Waals surface area contributed by atoms with Gasteiger partial charge in [0.05, 0.1) is 24.0 Å². The van der Waals surface area contributed by atoms with Crippen molar-refractivity contribution in [2.45, 2.75) is 56.0 Å². The van der Waals surface area contributed by atoms with Gasteiger partial charge in [-0.1, -0.05) is 12.0 Å². The van der Waals surface area contributed by atoms with Crippen molar-refractivity contribution in [3.63, 3.8) is 0 Å². The predicted molar refractivity (Wildman–Crippen MR) is 154 cm³/mol. The Morgan fingerprint density at radius 1 is 1.24 bits per heavy atom. The Labute approximate surface area is 241 Å². The third-order valence-corrected chi connectivity index (χ3v) is 9.59. The molecule has 4 aliphatic heterocycles. The Morgan fingerprint density at radius 2 is 2.14 bits per heavy atom. The van der Waals surface area contributed by atoms with Gasteiger partial charge in [0.1, 0.15) is 24.3 Å². The van der Waals surface area contributed by atoms with Crippen LogP contribution in [0.2, 0.25) is 0 Å². The normalized spacial score (nSPS) is 26.9. The van der Waals surface area contributed by atoms with E-state index in [2.05, 4.69) is 26.0 Å². The lowest BCUT2D eigenvalue weighted by Crippen LogP contribution is -2.44. The first-order valence-corrected chi connectivity index (χ1v) is 14.6. The topological polar surface area (TPSA) is 91.6 Å². The van der Waals surface area contributed by atoms with Gasteiger partial charge in [-0.3, -0.25) is 4.90 Å². The van der Waals surface area contributed by atoms with Gasteiger partial charge in [0.15, 0.2) is 11.2 Å². The van der Waals surface area contributed by atoms with E-state index in [0.717, 1.165) is 38.9 Å². The third kappa shape index (κ3) is 4.00. The molecule has 2 aromatic carbocycles. The number of rotatable bonds is 6. The third-order valence-electron chi connectivity index (χ3n) is 9.59. The zero-order valence-electron chi connectivity index (χ0n) is 23.1. The van der Waals surface area contributed by atoms with Gasteiger partial charge < -0.3 is 24.6 Å². The van der Waals surface area contributed by atoms with E-state index in [4.69, 9.17) is 21.1 Å². The molecule has 2 bridgehead atoms. The highest BCUT2D eigenvalue weighted by atomic mass is 19.1. The number of hydrogen-bond donors (Lipinski definition) is 2. The lowest BCUT2D eigenvalue weighted by molar-refractivity contribution is 0.111. The molecular weight excluding hydrogens is 540 g/mol. The first kappa shape index (κ1) is 25.7. The number of aromatic nitrogens is 4. The van der Waals surface area contributed by atoms with Crippen LogP contribution in [0.1, 0.15) is 36.8 Å². The summed E-state index contributed by atoms with van der Waals surface area (Å²) in [4.78, 5) is 18.9. The smallest absolute Gasteiger partial charge is 0.247 e. The Balaban J connectivity index is 1.21. The number of aromatic hydroxyl groups is 1. The number of hydrogen-bond acceptors (Lipinski definition) is 8. The molecule has 0 saturated carbocycles. The molecule has 0 aliphatic carbocycles. The van der Waals surface area contributed by atoms with E-state index in [1.54, 1.807) is 24.5 Å². The van der Waals surface area contributed by atoms with Crippen molar-refractivity contribution in [3.05, 3.63) is 47.5 Å². The second kappa shape index (κ2) is 9.51. The molecule has 0 radical (unpaired) electrons. The lowest BCUT2D eigenvalue weighted by atomic mass is 9.95. The van der Waals surface area contributed by atoms with E-state index in [1.807, 2.05) is 4.57 Å². The molecule has 0 spiro atoms. The number of nitrogens with zero attached hydrogens (tertiary/aromatic N) is 6. The number of terminal acetylenes is 1. The summed E-state index contributed by atoms with van der Waals surface area (Å²) >= 11 is 0. The molecule has 8 rings (SSSR count). The number of fused-ring (bicyclic) bond motifs is 5. The van der Waals surface area contributed by atoms with Gasteiger partial charge in [-0.25, -0.2) is 13.8 Å². The standard InChI is InChI=1S/C31H31F2N7O2/c1-2-24-25(33)5-4-18-8-23(41)9-19(26(18)24)13-38-17-35-27-28(38)36-30(40-15-21-10-22(40)12-34-21)37-29(27)42-16-31-6-3-7-39(31)14-20(32)11-31/h1,4-5,8-9,17,20-22,34,41H,3,6-7,10-16H2/t20-,21+,22+,31+/m1/s1. The highest BCUT2D eigenvalue weighted by molar-refractivity contribution is 5.92. The minimum absolute atomic E-state index is 0.0551. The number of alkyl halides is 1. The predicted octanol–water partition coefficient (Wildman–Crippen LogP) is 3.36. The molecule has 4 atom stereocenters. The van der Waals surface area contributed by atoms with Crippen LogP contribution >= 0.6 is 0 Å². The van der Waals surface area contributed by atoms with Crippen LogP contribution in [0.15, 0.2) is 30.6 Å². The van der Waals surface area contributed by atoms with E-state index in [9.17, 15) is 13.9 Å². The van der Waals surface area contributed by atoms with Gasteiger partial charge in [-0.2, -0.15) is 9.97 Å².